The molecule has 1 amide bonds. The SMILES string of the molecule is C#CCSc1nnc(NC(=O)c2csc(C3CCN(C(=S)Nc4ccc(N(C)C)cc4)CC3)n2)s1. The largest absolute Gasteiger partial charge is 0.378 e. The number of carbonyl (C=O) groups is 1. The summed E-state index contributed by atoms with van der Waals surface area (Å²) >= 11 is 9.88. The minimum atomic E-state index is -0.278. The van der Waals surface area contributed by atoms with E-state index in [2.05, 4.69) is 53.7 Å². The molecule has 0 radical (unpaired) electrons. The lowest BCUT2D eigenvalue weighted by molar-refractivity contribution is 0.102. The van der Waals surface area contributed by atoms with Crippen molar-refractivity contribution in [1.82, 2.24) is 20.1 Å². The fourth-order valence-corrected chi connectivity index (χ4v) is 6.24. The van der Waals surface area contributed by atoms with Crippen LogP contribution in [0.25, 0.3) is 0 Å². The van der Waals surface area contributed by atoms with Crippen LogP contribution in [0, 0.1) is 12.3 Å². The van der Waals surface area contributed by atoms with Crippen molar-refractivity contribution in [2.24, 2.45) is 0 Å². The van der Waals surface area contributed by atoms with Crippen molar-refractivity contribution in [3.8, 4) is 12.3 Å². The molecule has 0 spiro atoms. The predicted octanol–water partition coefficient (Wildman–Crippen LogP) is 4.61. The van der Waals surface area contributed by atoms with E-state index in [1.54, 1.807) is 5.38 Å². The number of aromatic nitrogens is 3. The van der Waals surface area contributed by atoms with Gasteiger partial charge in [-0.15, -0.1) is 28.0 Å². The Morgan fingerprint density at radius 3 is 2.69 bits per heavy atom. The first kappa shape index (κ1) is 25.4. The molecule has 12 heteroatoms. The lowest BCUT2D eigenvalue weighted by Gasteiger charge is -2.33. The van der Waals surface area contributed by atoms with Gasteiger partial charge in [-0.2, -0.15) is 0 Å². The molecule has 2 N–H and O–H groups in total. The molecule has 1 fully saturated rings. The highest BCUT2D eigenvalue weighted by atomic mass is 32.2. The van der Waals surface area contributed by atoms with E-state index in [1.165, 1.54) is 34.4 Å². The summed E-state index contributed by atoms with van der Waals surface area (Å²) in [5, 5.41) is 18.1. The van der Waals surface area contributed by atoms with Gasteiger partial charge in [-0.3, -0.25) is 10.1 Å². The third-order valence-electron chi connectivity index (χ3n) is 5.43. The van der Waals surface area contributed by atoms with Gasteiger partial charge >= 0.3 is 0 Å². The van der Waals surface area contributed by atoms with Gasteiger partial charge in [-0.1, -0.05) is 29.0 Å². The average Bonchev–Trinajstić information content (AvgIpc) is 3.53. The van der Waals surface area contributed by atoms with Gasteiger partial charge in [0, 0.05) is 49.9 Å². The maximum Gasteiger partial charge on any atom is 0.276 e. The number of benzene rings is 1. The fourth-order valence-electron chi connectivity index (χ4n) is 3.54. The van der Waals surface area contributed by atoms with E-state index in [4.69, 9.17) is 18.6 Å². The van der Waals surface area contributed by atoms with Crippen LogP contribution in [0.5, 0.6) is 0 Å². The number of thioether (sulfide) groups is 1. The second kappa shape index (κ2) is 11.8. The number of nitrogens with zero attached hydrogens (tertiary/aromatic N) is 5. The minimum absolute atomic E-state index is 0.278. The van der Waals surface area contributed by atoms with E-state index in [-0.39, 0.29) is 5.91 Å². The van der Waals surface area contributed by atoms with E-state index in [1.807, 2.05) is 26.2 Å². The molecule has 0 unspecified atom stereocenters. The van der Waals surface area contributed by atoms with Crippen LogP contribution >= 0.6 is 46.7 Å². The number of piperidine rings is 1. The summed E-state index contributed by atoms with van der Waals surface area (Å²) in [6, 6.07) is 8.20. The Balaban J connectivity index is 1.27. The molecule has 35 heavy (non-hydrogen) atoms. The van der Waals surface area contributed by atoms with Crippen molar-refractivity contribution < 1.29 is 4.79 Å². The highest BCUT2D eigenvalue weighted by Gasteiger charge is 2.25. The number of carbonyl (C=O) groups excluding carboxylic acids is 1. The quantitative estimate of drug-likeness (QED) is 0.192. The second-order valence-electron chi connectivity index (χ2n) is 8.02. The molecule has 1 aliphatic rings. The average molecular weight is 544 g/mol. The lowest BCUT2D eigenvalue weighted by Crippen LogP contribution is -2.40. The lowest BCUT2D eigenvalue weighted by atomic mass is 9.98. The third kappa shape index (κ3) is 6.70. The summed E-state index contributed by atoms with van der Waals surface area (Å²) in [5.41, 5.74) is 2.53. The number of anilines is 3. The Morgan fingerprint density at radius 2 is 2.00 bits per heavy atom. The molecule has 2 aromatic heterocycles. The number of hydrogen-bond acceptors (Lipinski definition) is 9. The van der Waals surface area contributed by atoms with Crippen molar-refractivity contribution in [3.63, 3.8) is 0 Å². The summed E-state index contributed by atoms with van der Waals surface area (Å²) in [4.78, 5) is 21.5. The van der Waals surface area contributed by atoms with Gasteiger partial charge < -0.3 is 15.1 Å². The van der Waals surface area contributed by atoms with E-state index >= 15 is 0 Å². The van der Waals surface area contributed by atoms with Gasteiger partial charge in [-0.25, -0.2) is 4.98 Å². The van der Waals surface area contributed by atoms with E-state index < -0.39 is 0 Å². The Bertz CT molecular complexity index is 1210. The highest BCUT2D eigenvalue weighted by Crippen LogP contribution is 2.31. The number of amides is 1. The molecule has 8 nitrogen and oxygen atoms in total. The zero-order chi connectivity index (χ0) is 24.8. The molecule has 3 heterocycles. The van der Waals surface area contributed by atoms with Gasteiger partial charge in [-0.05, 0) is 49.3 Å². The number of nitrogens with one attached hydrogen (secondary N) is 2. The molecule has 3 aromatic rings. The van der Waals surface area contributed by atoms with Gasteiger partial charge in [0.2, 0.25) is 5.13 Å². The van der Waals surface area contributed by atoms with Crippen molar-refractivity contribution >= 4 is 74.2 Å². The predicted molar refractivity (Wildman–Crippen MR) is 150 cm³/mol. The molecule has 0 aliphatic carbocycles. The number of terminal acetylenes is 1. The normalized spacial score (nSPS) is 13.8. The minimum Gasteiger partial charge on any atom is -0.378 e. The van der Waals surface area contributed by atoms with Crippen molar-refractivity contribution in [1.29, 1.82) is 0 Å². The molecule has 4 rings (SSSR count). The molecule has 1 aromatic carbocycles. The van der Waals surface area contributed by atoms with Gasteiger partial charge in [0.1, 0.15) is 5.69 Å². The Labute approximate surface area is 222 Å². The van der Waals surface area contributed by atoms with Gasteiger partial charge in [0.05, 0.1) is 10.8 Å². The van der Waals surface area contributed by atoms with Crippen LogP contribution in [0.3, 0.4) is 0 Å². The Hall–Kier alpha value is -2.72. The summed E-state index contributed by atoms with van der Waals surface area (Å²) in [6.07, 6.45) is 7.13. The van der Waals surface area contributed by atoms with Crippen LogP contribution in [0.4, 0.5) is 16.5 Å². The van der Waals surface area contributed by atoms with Gasteiger partial charge in [0.25, 0.3) is 5.91 Å². The summed E-state index contributed by atoms with van der Waals surface area (Å²) in [7, 11) is 4.04. The number of hydrogen-bond donors (Lipinski definition) is 2. The smallest absolute Gasteiger partial charge is 0.276 e. The van der Waals surface area contributed by atoms with Crippen LogP contribution in [0.1, 0.15) is 34.3 Å². The number of likely N-dealkylation sites (tertiary alicyclic amines) is 1. The second-order valence-corrected chi connectivity index (χ2v) is 11.5. The number of rotatable bonds is 7. The molecule has 0 bridgehead atoms. The molecule has 0 saturated carbocycles. The first-order valence-corrected chi connectivity index (χ1v) is 14.0. The Morgan fingerprint density at radius 1 is 1.26 bits per heavy atom. The van der Waals surface area contributed by atoms with Crippen molar-refractivity contribution in [2.45, 2.75) is 23.1 Å². The van der Waals surface area contributed by atoms with Crippen LogP contribution < -0.4 is 15.5 Å². The third-order valence-corrected chi connectivity index (χ3v) is 8.67. The topological polar surface area (TPSA) is 86.3 Å². The first-order chi connectivity index (χ1) is 16.9. The summed E-state index contributed by atoms with van der Waals surface area (Å²) in [6.45, 7) is 1.69. The van der Waals surface area contributed by atoms with Crippen LogP contribution in [-0.4, -0.2) is 64.0 Å². The standard InChI is InChI=1S/C23H25N7OS4/c1-4-13-33-23-28-27-21(35-23)26-19(31)18-14-34-20(25-18)15-9-11-30(12-10-15)22(32)24-16-5-7-17(8-6-16)29(2)3/h1,5-8,14-15H,9-13H2,2-3H3,(H,24,32)(H,26,27,31). The zero-order valence-corrected chi connectivity index (χ0v) is 22.6. The zero-order valence-electron chi connectivity index (χ0n) is 19.4. The van der Waals surface area contributed by atoms with Crippen molar-refractivity contribution in [2.75, 3.05) is 48.5 Å². The molecular weight excluding hydrogens is 519 g/mol. The number of thiocarbonyl (C=S) groups is 1. The highest BCUT2D eigenvalue weighted by molar-refractivity contribution is 8.01. The van der Waals surface area contributed by atoms with Crippen molar-refractivity contribution in [3.05, 3.63) is 40.3 Å². The molecule has 1 saturated heterocycles. The fraction of sp³-hybridized carbons (Fsp3) is 0.348. The maximum absolute atomic E-state index is 12.6. The van der Waals surface area contributed by atoms with Crippen LogP contribution in [0.2, 0.25) is 0 Å². The van der Waals surface area contributed by atoms with Gasteiger partial charge in [0.15, 0.2) is 9.45 Å². The van der Waals surface area contributed by atoms with Crippen LogP contribution in [-0.2, 0) is 0 Å². The van der Waals surface area contributed by atoms with E-state index in [9.17, 15) is 4.79 Å². The van der Waals surface area contributed by atoms with E-state index in [0.29, 0.717) is 22.5 Å². The summed E-state index contributed by atoms with van der Waals surface area (Å²) < 4.78 is 0.724. The van der Waals surface area contributed by atoms with Crippen LogP contribution in [0.15, 0.2) is 34.0 Å². The molecular formula is C23H25N7OS4. The first-order valence-electron chi connectivity index (χ1n) is 10.9. The monoisotopic (exact) mass is 543 g/mol. The Kier molecular flexibility index (Phi) is 8.56. The molecule has 1 aliphatic heterocycles. The molecule has 182 valence electrons. The van der Waals surface area contributed by atoms with E-state index in [0.717, 1.165) is 51.8 Å². The summed E-state index contributed by atoms with van der Waals surface area (Å²) in [5.74, 6) is 3.09. The maximum atomic E-state index is 12.6. The molecule has 0 atom stereocenters. The number of thiazole rings is 1.